The van der Waals surface area contributed by atoms with E-state index in [1.54, 1.807) is 0 Å². The molecular formula is C19H23ClN2O2S. The fourth-order valence-electron chi connectivity index (χ4n) is 2.50. The van der Waals surface area contributed by atoms with E-state index in [9.17, 15) is 5.11 Å². The Morgan fingerprint density at radius 1 is 1.24 bits per heavy atom. The van der Waals surface area contributed by atoms with Crippen molar-refractivity contribution in [2.24, 2.45) is 0 Å². The number of aliphatic hydroxyl groups excluding tert-OH is 1. The third-order valence-electron chi connectivity index (χ3n) is 3.75. The third-order valence-corrected chi connectivity index (χ3v) is 4.21. The average Bonchev–Trinajstić information content (AvgIpc) is 2.58. The Balaban J connectivity index is 2.05. The molecule has 25 heavy (non-hydrogen) atoms. The summed E-state index contributed by atoms with van der Waals surface area (Å²) in [7, 11) is 0. The van der Waals surface area contributed by atoms with Gasteiger partial charge in [0.05, 0.1) is 12.6 Å². The molecule has 0 aliphatic heterocycles. The van der Waals surface area contributed by atoms with E-state index in [4.69, 9.17) is 28.6 Å². The van der Waals surface area contributed by atoms with Gasteiger partial charge >= 0.3 is 0 Å². The van der Waals surface area contributed by atoms with Crippen LogP contribution in [-0.2, 0) is 0 Å². The van der Waals surface area contributed by atoms with Crippen LogP contribution in [0.25, 0.3) is 0 Å². The van der Waals surface area contributed by atoms with Gasteiger partial charge in [-0.05, 0) is 73.9 Å². The zero-order valence-corrected chi connectivity index (χ0v) is 16.0. The Labute approximate surface area is 159 Å². The summed E-state index contributed by atoms with van der Waals surface area (Å²) in [6, 6.07) is 13.3. The van der Waals surface area contributed by atoms with Crippen molar-refractivity contribution >= 4 is 34.6 Å². The van der Waals surface area contributed by atoms with Crippen LogP contribution in [0.1, 0.15) is 30.5 Å². The van der Waals surface area contributed by atoms with Crippen LogP contribution in [0, 0.1) is 6.92 Å². The van der Waals surface area contributed by atoms with Crippen LogP contribution in [-0.4, -0.2) is 23.4 Å². The van der Waals surface area contributed by atoms with Crippen LogP contribution in [0.2, 0.25) is 5.02 Å². The molecule has 2 aromatic carbocycles. The molecular weight excluding hydrogens is 356 g/mol. The fourth-order valence-corrected chi connectivity index (χ4v) is 2.98. The largest absolute Gasteiger partial charge is 0.494 e. The summed E-state index contributed by atoms with van der Waals surface area (Å²) < 4.78 is 5.46. The van der Waals surface area contributed by atoms with Gasteiger partial charge in [-0.15, -0.1) is 0 Å². The van der Waals surface area contributed by atoms with E-state index in [0.717, 1.165) is 22.6 Å². The van der Waals surface area contributed by atoms with Crippen LogP contribution in [0.15, 0.2) is 42.5 Å². The molecule has 0 aromatic heterocycles. The number of nitrogens with one attached hydrogen (secondary N) is 2. The van der Waals surface area contributed by atoms with Gasteiger partial charge in [-0.2, -0.15) is 0 Å². The Morgan fingerprint density at radius 3 is 2.56 bits per heavy atom. The van der Waals surface area contributed by atoms with Gasteiger partial charge in [0.25, 0.3) is 0 Å². The number of benzene rings is 2. The minimum Gasteiger partial charge on any atom is -0.494 e. The van der Waals surface area contributed by atoms with Gasteiger partial charge in [-0.25, -0.2) is 0 Å². The van der Waals surface area contributed by atoms with Crippen LogP contribution in [0.4, 0.5) is 5.69 Å². The first-order valence-electron chi connectivity index (χ1n) is 8.20. The first-order chi connectivity index (χ1) is 12.0. The lowest BCUT2D eigenvalue weighted by molar-refractivity contribution is 0.272. The maximum Gasteiger partial charge on any atom is 0.171 e. The highest BCUT2D eigenvalue weighted by atomic mass is 35.5. The number of hydrogen-bond donors (Lipinski definition) is 3. The normalized spacial score (nSPS) is 11.7. The van der Waals surface area contributed by atoms with Gasteiger partial charge in [0.15, 0.2) is 5.11 Å². The summed E-state index contributed by atoms with van der Waals surface area (Å²) in [6.45, 7) is 4.61. The smallest absolute Gasteiger partial charge is 0.171 e. The van der Waals surface area contributed by atoms with Crippen LogP contribution < -0.4 is 15.4 Å². The number of thiocarbonyl (C=S) groups is 1. The molecule has 0 saturated carbocycles. The molecule has 6 heteroatoms. The lowest BCUT2D eigenvalue weighted by atomic mass is 10.0. The predicted octanol–water partition coefficient (Wildman–Crippen LogP) is 4.46. The minimum atomic E-state index is -0.0896. The zero-order chi connectivity index (χ0) is 18.2. The van der Waals surface area contributed by atoms with Crippen molar-refractivity contribution in [1.82, 2.24) is 5.32 Å². The van der Waals surface area contributed by atoms with Crippen molar-refractivity contribution in [3.63, 3.8) is 0 Å². The highest BCUT2D eigenvalue weighted by Gasteiger charge is 2.13. The van der Waals surface area contributed by atoms with Crippen molar-refractivity contribution in [2.45, 2.75) is 26.3 Å². The molecule has 2 aromatic rings. The topological polar surface area (TPSA) is 53.5 Å². The summed E-state index contributed by atoms with van der Waals surface area (Å²) in [5, 5.41) is 17.0. The Kier molecular flexibility index (Phi) is 7.50. The summed E-state index contributed by atoms with van der Waals surface area (Å²) in [6.07, 6.45) is 0.551. The second-order valence-corrected chi connectivity index (χ2v) is 6.47. The highest BCUT2D eigenvalue weighted by molar-refractivity contribution is 7.80. The molecule has 1 atom stereocenters. The average molecular weight is 379 g/mol. The second-order valence-electron chi connectivity index (χ2n) is 5.62. The molecule has 0 aliphatic rings. The van der Waals surface area contributed by atoms with Crippen molar-refractivity contribution in [3.8, 4) is 5.75 Å². The first-order valence-corrected chi connectivity index (χ1v) is 8.99. The molecule has 0 unspecified atom stereocenters. The van der Waals surface area contributed by atoms with E-state index in [1.807, 2.05) is 56.3 Å². The quantitative estimate of drug-likeness (QED) is 0.621. The summed E-state index contributed by atoms with van der Waals surface area (Å²) in [5.41, 5.74) is 2.95. The number of rotatable bonds is 7. The molecule has 0 heterocycles. The monoisotopic (exact) mass is 378 g/mol. The van der Waals surface area contributed by atoms with Crippen molar-refractivity contribution in [2.75, 3.05) is 18.5 Å². The summed E-state index contributed by atoms with van der Waals surface area (Å²) >= 11 is 11.4. The lowest BCUT2D eigenvalue weighted by Gasteiger charge is -2.21. The Bertz CT molecular complexity index is 707. The van der Waals surface area contributed by atoms with Crippen LogP contribution in [0.3, 0.4) is 0 Å². The lowest BCUT2D eigenvalue weighted by Crippen LogP contribution is -2.33. The SMILES string of the molecule is CCOc1ccc([C@@H](CCO)NC(=S)Nc2ccc(Cl)cc2C)cc1. The van der Waals surface area contributed by atoms with Crippen LogP contribution in [0.5, 0.6) is 5.75 Å². The van der Waals surface area contributed by atoms with Gasteiger partial charge in [0, 0.05) is 17.3 Å². The van der Waals surface area contributed by atoms with E-state index >= 15 is 0 Å². The fraction of sp³-hybridized carbons (Fsp3) is 0.316. The van der Waals surface area contributed by atoms with E-state index in [-0.39, 0.29) is 12.6 Å². The van der Waals surface area contributed by atoms with Gasteiger partial charge in [0.2, 0.25) is 0 Å². The number of hydrogen-bond acceptors (Lipinski definition) is 3. The van der Waals surface area contributed by atoms with E-state index in [0.29, 0.717) is 23.2 Å². The van der Waals surface area contributed by atoms with Gasteiger partial charge in [-0.1, -0.05) is 23.7 Å². The molecule has 0 aliphatic carbocycles. The molecule has 0 bridgehead atoms. The number of halogens is 1. The molecule has 4 nitrogen and oxygen atoms in total. The highest BCUT2D eigenvalue weighted by Crippen LogP contribution is 2.22. The van der Waals surface area contributed by atoms with E-state index in [2.05, 4.69) is 10.6 Å². The van der Waals surface area contributed by atoms with E-state index < -0.39 is 0 Å². The molecule has 0 spiro atoms. The summed E-state index contributed by atoms with van der Waals surface area (Å²) in [4.78, 5) is 0. The Morgan fingerprint density at radius 2 is 1.96 bits per heavy atom. The molecule has 3 N–H and O–H groups in total. The maximum atomic E-state index is 9.37. The molecule has 0 radical (unpaired) electrons. The van der Waals surface area contributed by atoms with Gasteiger partial charge in [0.1, 0.15) is 5.75 Å². The Hall–Kier alpha value is -1.82. The summed E-state index contributed by atoms with van der Waals surface area (Å²) in [5.74, 6) is 0.825. The van der Waals surface area contributed by atoms with Crippen LogP contribution >= 0.6 is 23.8 Å². The minimum absolute atomic E-state index is 0.0630. The van der Waals surface area contributed by atoms with E-state index in [1.165, 1.54) is 0 Å². The zero-order valence-electron chi connectivity index (χ0n) is 14.4. The number of aryl methyl sites for hydroxylation is 1. The molecule has 0 saturated heterocycles. The van der Waals surface area contributed by atoms with Gasteiger partial charge in [-0.3, -0.25) is 0 Å². The predicted molar refractivity (Wildman–Crippen MR) is 108 cm³/mol. The number of aliphatic hydroxyl groups is 1. The maximum absolute atomic E-state index is 9.37. The number of ether oxygens (including phenoxy) is 1. The first kappa shape index (κ1) is 19.5. The van der Waals surface area contributed by atoms with Crippen molar-refractivity contribution < 1.29 is 9.84 Å². The van der Waals surface area contributed by atoms with Gasteiger partial charge < -0.3 is 20.5 Å². The second kappa shape index (κ2) is 9.61. The third kappa shape index (κ3) is 5.88. The molecule has 0 amide bonds. The molecule has 2 rings (SSSR count). The standard InChI is InChI=1S/C19H23ClN2O2S/c1-3-24-16-7-4-14(5-8-16)18(10-11-23)22-19(25)21-17-9-6-15(20)12-13(17)2/h4-9,12,18,23H,3,10-11H2,1-2H3,(H2,21,22,25)/t18-/m1/s1. The molecule has 0 fully saturated rings. The number of anilines is 1. The van der Waals surface area contributed by atoms with Crippen molar-refractivity contribution in [3.05, 3.63) is 58.6 Å². The molecule has 134 valence electrons. The van der Waals surface area contributed by atoms with Crippen molar-refractivity contribution in [1.29, 1.82) is 0 Å².